The zero-order chi connectivity index (χ0) is 18.4. The molecule has 0 unspecified atom stereocenters. The number of benzene rings is 1. The average Bonchev–Trinajstić information content (AvgIpc) is 2.90. The molecule has 25 heavy (non-hydrogen) atoms. The number of hydrogen-bond donors (Lipinski definition) is 1. The minimum atomic E-state index is -0.396. The number of aromatic amines is 1. The number of rotatable bonds is 7. The molecule has 0 saturated heterocycles. The van der Waals surface area contributed by atoms with Gasteiger partial charge in [-0.15, -0.1) is 0 Å². The van der Waals surface area contributed by atoms with Gasteiger partial charge in [0.05, 0.1) is 12.2 Å². The van der Waals surface area contributed by atoms with E-state index in [4.69, 9.17) is 4.74 Å². The van der Waals surface area contributed by atoms with Crippen molar-refractivity contribution in [3.8, 4) is 0 Å². The molecule has 2 rings (SSSR count). The van der Waals surface area contributed by atoms with E-state index < -0.39 is 5.97 Å². The van der Waals surface area contributed by atoms with Gasteiger partial charge in [-0.2, -0.15) is 0 Å². The quantitative estimate of drug-likeness (QED) is 0.765. The molecule has 134 valence electrons. The molecule has 1 amide bonds. The number of aryl methyl sites for hydroxylation is 1. The van der Waals surface area contributed by atoms with Gasteiger partial charge in [0, 0.05) is 17.9 Å². The highest BCUT2D eigenvalue weighted by molar-refractivity contribution is 6.08. The maximum atomic E-state index is 13.2. The van der Waals surface area contributed by atoms with Gasteiger partial charge in [-0.25, -0.2) is 4.79 Å². The first kappa shape index (κ1) is 18.8. The van der Waals surface area contributed by atoms with Gasteiger partial charge in [-0.1, -0.05) is 31.5 Å². The van der Waals surface area contributed by atoms with Crippen molar-refractivity contribution in [1.82, 2.24) is 4.98 Å². The van der Waals surface area contributed by atoms with Crippen molar-refractivity contribution in [1.29, 1.82) is 0 Å². The summed E-state index contributed by atoms with van der Waals surface area (Å²) in [5, 5.41) is 0. The summed E-state index contributed by atoms with van der Waals surface area (Å²) in [7, 11) is 0. The van der Waals surface area contributed by atoms with Crippen LogP contribution < -0.4 is 4.90 Å². The number of amides is 1. The monoisotopic (exact) mass is 342 g/mol. The number of H-pyrrole nitrogens is 1. The first-order valence-corrected chi connectivity index (χ1v) is 8.74. The zero-order valence-corrected chi connectivity index (χ0v) is 15.4. The molecular formula is C20H26N2O3. The van der Waals surface area contributed by atoms with E-state index in [1.54, 1.807) is 25.7 Å². The van der Waals surface area contributed by atoms with Crippen LogP contribution in [0.15, 0.2) is 30.3 Å². The third-order valence-corrected chi connectivity index (χ3v) is 4.18. The number of esters is 1. The van der Waals surface area contributed by atoms with E-state index in [-0.39, 0.29) is 5.91 Å². The molecule has 0 aliphatic carbocycles. The smallest absolute Gasteiger partial charge is 0.340 e. The van der Waals surface area contributed by atoms with Crippen LogP contribution in [0, 0.1) is 13.8 Å². The molecule has 0 aliphatic heterocycles. The molecule has 1 aromatic heterocycles. The number of carbonyl (C=O) groups is 2. The summed E-state index contributed by atoms with van der Waals surface area (Å²) in [6, 6.07) is 9.60. The highest BCUT2D eigenvalue weighted by Crippen LogP contribution is 2.23. The minimum absolute atomic E-state index is 0.129. The van der Waals surface area contributed by atoms with E-state index >= 15 is 0 Å². The predicted octanol–water partition coefficient (Wildman–Crippen LogP) is 4.26. The van der Waals surface area contributed by atoms with Crippen molar-refractivity contribution in [3.63, 3.8) is 0 Å². The number of unbranched alkanes of at least 4 members (excludes halogenated alkanes) is 1. The van der Waals surface area contributed by atoms with Crippen LogP contribution in [-0.2, 0) is 4.74 Å². The number of anilines is 1. The fourth-order valence-electron chi connectivity index (χ4n) is 2.88. The topological polar surface area (TPSA) is 62.4 Å². The SMILES string of the molecule is CCCCN(C(=O)c1[nH]c(C)c(C(=O)OCC)c1C)c1ccccc1. The van der Waals surface area contributed by atoms with Crippen LogP contribution >= 0.6 is 0 Å². The lowest BCUT2D eigenvalue weighted by Crippen LogP contribution is -2.32. The first-order valence-electron chi connectivity index (χ1n) is 8.74. The standard InChI is InChI=1S/C20H26N2O3/c1-5-7-13-22(16-11-9-8-10-12-16)19(23)18-14(3)17(15(4)21-18)20(24)25-6-2/h8-12,21H,5-7,13H2,1-4H3. The van der Waals surface area contributed by atoms with Gasteiger partial charge in [-0.05, 0) is 44.9 Å². The van der Waals surface area contributed by atoms with Crippen molar-refractivity contribution in [3.05, 3.63) is 52.8 Å². The lowest BCUT2D eigenvalue weighted by Gasteiger charge is -2.22. The van der Waals surface area contributed by atoms with Crippen LogP contribution in [0.1, 0.15) is 58.8 Å². The van der Waals surface area contributed by atoms with Crippen LogP contribution in [0.5, 0.6) is 0 Å². The Balaban J connectivity index is 2.39. The summed E-state index contributed by atoms with van der Waals surface area (Å²) < 4.78 is 5.11. The van der Waals surface area contributed by atoms with Crippen molar-refractivity contribution in [2.45, 2.75) is 40.5 Å². The average molecular weight is 342 g/mol. The Morgan fingerprint density at radius 3 is 2.40 bits per heavy atom. The number of para-hydroxylation sites is 1. The van der Waals surface area contributed by atoms with Crippen molar-refractivity contribution < 1.29 is 14.3 Å². The fraction of sp³-hybridized carbons (Fsp3) is 0.400. The Hall–Kier alpha value is -2.56. The summed E-state index contributed by atoms with van der Waals surface area (Å²) in [5.41, 5.74) is 3.04. The molecule has 0 radical (unpaired) electrons. The molecule has 0 fully saturated rings. The molecule has 1 aromatic carbocycles. The summed E-state index contributed by atoms with van der Waals surface area (Å²) in [5.74, 6) is -0.525. The molecule has 2 aromatic rings. The van der Waals surface area contributed by atoms with Crippen molar-refractivity contribution in [2.75, 3.05) is 18.1 Å². The fourth-order valence-corrected chi connectivity index (χ4v) is 2.88. The molecule has 5 heteroatoms. The Kier molecular flexibility index (Phi) is 6.39. The van der Waals surface area contributed by atoms with Crippen LogP contribution in [0.25, 0.3) is 0 Å². The summed E-state index contributed by atoms with van der Waals surface area (Å²) in [6.45, 7) is 8.37. The molecule has 0 aliphatic rings. The van der Waals surface area contributed by atoms with Gasteiger partial charge in [0.15, 0.2) is 0 Å². The van der Waals surface area contributed by atoms with Crippen LogP contribution in [0.2, 0.25) is 0 Å². The van der Waals surface area contributed by atoms with E-state index in [1.807, 2.05) is 30.3 Å². The van der Waals surface area contributed by atoms with E-state index in [1.165, 1.54) is 0 Å². The van der Waals surface area contributed by atoms with Crippen LogP contribution in [0.4, 0.5) is 5.69 Å². The normalized spacial score (nSPS) is 10.6. The third kappa shape index (κ3) is 4.10. The molecule has 0 saturated carbocycles. The predicted molar refractivity (Wildman–Crippen MR) is 99.2 cm³/mol. The molecule has 1 N–H and O–H groups in total. The van der Waals surface area contributed by atoms with Crippen molar-refractivity contribution >= 4 is 17.6 Å². The molecule has 0 bridgehead atoms. The largest absolute Gasteiger partial charge is 0.462 e. The molecular weight excluding hydrogens is 316 g/mol. The maximum absolute atomic E-state index is 13.2. The number of carbonyl (C=O) groups excluding carboxylic acids is 2. The van der Waals surface area contributed by atoms with Gasteiger partial charge in [0.2, 0.25) is 0 Å². The molecule has 5 nitrogen and oxygen atoms in total. The molecule has 1 heterocycles. The van der Waals surface area contributed by atoms with E-state index in [0.29, 0.717) is 35.7 Å². The van der Waals surface area contributed by atoms with Gasteiger partial charge in [0.25, 0.3) is 5.91 Å². The number of nitrogens with zero attached hydrogens (tertiary/aromatic N) is 1. The Morgan fingerprint density at radius 2 is 1.80 bits per heavy atom. The summed E-state index contributed by atoms with van der Waals surface area (Å²) in [4.78, 5) is 30.2. The lowest BCUT2D eigenvalue weighted by atomic mass is 10.1. The van der Waals surface area contributed by atoms with Crippen molar-refractivity contribution in [2.24, 2.45) is 0 Å². The van der Waals surface area contributed by atoms with Gasteiger partial charge < -0.3 is 14.6 Å². The highest BCUT2D eigenvalue weighted by Gasteiger charge is 2.26. The molecule has 0 spiro atoms. The van der Waals surface area contributed by atoms with Crippen LogP contribution in [-0.4, -0.2) is 30.0 Å². The van der Waals surface area contributed by atoms with Gasteiger partial charge in [0.1, 0.15) is 5.69 Å². The summed E-state index contributed by atoms with van der Waals surface area (Å²) >= 11 is 0. The number of hydrogen-bond acceptors (Lipinski definition) is 3. The minimum Gasteiger partial charge on any atom is -0.462 e. The second kappa shape index (κ2) is 8.51. The third-order valence-electron chi connectivity index (χ3n) is 4.18. The van der Waals surface area contributed by atoms with Gasteiger partial charge in [-0.3, -0.25) is 4.79 Å². The van der Waals surface area contributed by atoms with E-state index in [9.17, 15) is 9.59 Å². The number of nitrogens with one attached hydrogen (secondary N) is 1. The lowest BCUT2D eigenvalue weighted by molar-refractivity contribution is 0.0525. The second-order valence-electron chi connectivity index (χ2n) is 5.99. The summed E-state index contributed by atoms with van der Waals surface area (Å²) in [6.07, 6.45) is 1.90. The Morgan fingerprint density at radius 1 is 1.12 bits per heavy atom. The van der Waals surface area contributed by atoms with Gasteiger partial charge >= 0.3 is 5.97 Å². The maximum Gasteiger partial charge on any atom is 0.340 e. The highest BCUT2D eigenvalue weighted by atomic mass is 16.5. The van der Waals surface area contributed by atoms with Crippen LogP contribution in [0.3, 0.4) is 0 Å². The van der Waals surface area contributed by atoms with E-state index in [2.05, 4.69) is 11.9 Å². The number of ether oxygens (including phenoxy) is 1. The first-order chi connectivity index (χ1) is 12.0. The van der Waals surface area contributed by atoms with E-state index in [0.717, 1.165) is 18.5 Å². The Labute approximate surface area is 149 Å². The zero-order valence-electron chi connectivity index (χ0n) is 15.4. The number of aromatic nitrogens is 1. The molecule has 0 atom stereocenters. The Bertz CT molecular complexity index is 735. The second-order valence-corrected chi connectivity index (χ2v) is 5.99.